The minimum Gasteiger partial charge on any atom is -0.396 e. The van der Waals surface area contributed by atoms with Gasteiger partial charge in [0.25, 0.3) is 0 Å². The number of pyridine rings is 1. The standard InChI is InChI=1S/C15H20N2O2/c1-11-6-7-13-14(12(2)19)10-17(15(13)16-11)8-4-3-5-9-18/h6-7,10,18H,3-5,8-9H2,1-2H3. The summed E-state index contributed by atoms with van der Waals surface area (Å²) in [6.07, 6.45) is 4.69. The van der Waals surface area contributed by atoms with Gasteiger partial charge in [-0.3, -0.25) is 4.79 Å². The Morgan fingerprint density at radius 3 is 2.79 bits per heavy atom. The van der Waals surface area contributed by atoms with Crippen LogP contribution in [0, 0.1) is 6.92 Å². The molecule has 4 heteroatoms. The summed E-state index contributed by atoms with van der Waals surface area (Å²) in [6.45, 7) is 4.61. The molecular formula is C15H20N2O2. The number of fused-ring (bicyclic) bond motifs is 1. The number of ketones is 1. The summed E-state index contributed by atoms with van der Waals surface area (Å²) >= 11 is 0. The zero-order valence-electron chi connectivity index (χ0n) is 11.5. The first kappa shape index (κ1) is 13.7. The van der Waals surface area contributed by atoms with Crippen LogP contribution in [-0.2, 0) is 6.54 Å². The lowest BCUT2D eigenvalue weighted by Gasteiger charge is -2.04. The number of aliphatic hydroxyl groups is 1. The van der Waals surface area contributed by atoms with Crippen molar-refractivity contribution in [2.45, 2.75) is 39.7 Å². The Hall–Kier alpha value is -1.68. The van der Waals surface area contributed by atoms with Crippen LogP contribution in [0.2, 0.25) is 0 Å². The monoisotopic (exact) mass is 260 g/mol. The zero-order chi connectivity index (χ0) is 13.8. The molecule has 0 atom stereocenters. The highest BCUT2D eigenvalue weighted by Gasteiger charge is 2.12. The molecule has 0 saturated carbocycles. The predicted octanol–water partition coefficient (Wildman–Crippen LogP) is 2.71. The lowest BCUT2D eigenvalue weighted by atomic mass is 10.1. The second-order valence-corrected chi connectivity index (χ2v) is 4.90. The fourth-order valence-electron chi connectivity index (χ4n) is 2.28. The molecule has 19 heavy (non-hydrogen) atoms. The Balaban J connectivity index is 2.31. The first-order valence-corrected chi connectivity index (χ1v) is 6.71. The van der Waals surface area contributed by atoms with Gasteiger partial charge in [0, 0.05) is 36.0 Å². The molecule has 0 spiro atoms. The van der Waals surface area contributed by atoms with Gasteiger partial charge in [0.1, 0.15) is 5.65 Å². The van der Waals surface area contributed by atoms with E-state index in [-0.39, 0.29) is 12.4 Å². The maximum atomic E-state index is 11.7. The largest absolute Gasteiger partial charge is 0.396 e. The molecule has 2 heterocycles. The van der Waals surface area contributed by atoms with Crippen molar-refractivity contribution >= 4 is 16.8 Å². The molecule has 0 unspecified atom stereocenters. The van der Waals surface area contributed by atoms with E-state index in [0.717, 1.165) is 48.1 Å². The second kappa shape index (κ2) is 5.97. The number of unbranched alkanes of at least 4 members (excludes halogenated alkanes) is 2. The van der Waals surface area contributed by atoms with Gasteiger partial charge in [-0.2, -0.15) is 0 Å². The number of hydrogen-bond acceptors (Lipinski definition) is 3. The van der Waals surface area contributed by atoms with Crippen molar-refractivity contribution in [2.24, 2.45) is 0 Å². The molecule has 0 aliphatic carbocycles. The van der Waals surface area contributed by atoms with Crippen LogP contribution in [-0.4, -0.2) is 27.0 Å². The van der Waals surface area contributed by atoms with Gasteiger partial charge in [-0.25, -0.2) is 4.98 Å². The third-order valence-electron chi connectivity index (χ3n) is 3.30. The Labute approximate surface area is 113 Å². The fraction of sp³-hybridized carbons (Fsp3) is 0.467. The highest BCUT2D eigenvalue weighted by atomic mass is 16.2. The summed E-state index contributed by atoms with van der Waals surface area (Å²) < 4.78 is 2.05. The molecule has 4 nitrogen and oxygen atoms in total. The third-order valence-corrected chi connectivity index (χ3v) is 3.30. The van der Waals surface area contributed by atoms with Crippen molar-refractivity contribution in [1.82, 2.24) is 9.55 Å². The average Bonchev–Trinajstić information content (AvgIpc) is 2.73. The molecule has 0 saturated heterocycles. The number of carbonyl (C=O) groups excluding carboxylic acids is 1. The van der Waals surface area contributed by atoms with Crippen LogP contribution in [0.25, 0.3) is 11.0 Å². The molecule has 0 bridgehead atoms. The Bertz CT molecular complexity index is 587. The molecule has 0 amide bonds. The Kier molecular flexibility index (Phi) is 4.32. The van der Waals surface area contributed by atoms with Crippen LogP contribution in [0.4, 0.5) is 0 Å². The summed E-state index contributed by atoms with van der Waals surface area (Å²) in [5.74, 6) is 0.0739. The number of Topliss-reactive ketones (excluding diaryl/α,β-unsaturated/α-hetero) is 1. The molecule has 0 fully saturated rings. The van der Waals surface area contributed by atoms with E-state index in [1.165, 1.54) is 0 Å². The summed E-state index contributed by atoms with van der Waals surface area (Å²) in [5, 5.41) is 9.72. The molecule has 1 N–H and O–H groups in total. The van der Waals surface area contributed by atoms with Crippen molar-refractivity contribution < 1.29 is 9.90 Å². The zero-order valence-corrected chi connectivity index (χ0v) is 11.5. The molecule has 0 aromatic carbocycles. The highest BCUT2D eigenvalue weighted by Crippen LogP contribution is 2.21. The van der Waals surface area contributed by atoms with Gasteiger partial charge >= 0.3 is 0 Å². The van der Waals surface area contributed by atoms with Crippen molar-refractivity contribution in [3.8, 4) is 0 Å². The minimum atomic E-state index is 0.0739. The molecule has 2 rings (SSSR count). The summed E-state index contributed by atoms with van der Waals surface area (Å²) in [5.41, 5.74) is 2.58. The topological polar surface area (TPSA) is 55.1 Å². The van der Waals surface area contributed by atoms with Crippen LogP contribution in [0.3, 0.4) is 0 Å². The Morgan fingerprint density at radius 2 is 2.11 bits per heavy atom. The number of carbonyl (C=O) groups is 1. The van der Waals surface area contributed by atoms with Crippen LogP contribution < -0.4 is 0 Å². The summed E-state index contributed by atoms with van der Waals surface area (Å²) in [7, 11) is 0. The third kappa shape index (κ3) is 3.01. The van der Waals surface area contributed by atoms with E-state index in [1.807, 2.05) is 25.3 Å². The molecule has 0 aliphatic heterocycles. The van der Waals surface area contributed by atoms with Crippen LogP contribution >= 0.6 is 0 Å². The van der Waals surface area contributed by atoms with Crippen LogP contribution in [0.15, 0.2) is 18.3 Å². The first-order chi connectivity index (χ1) is 9.13. The SMILES string of the molecule is CC(=O)c1cn(CCCCCO)c2nc(C)ccc12. The maximum absolute atomic E-state index is 11.7. The average molecular weight is 260 g/mol. The lowest BCUT2D eigenvalue weighted by molar-refractivity contribution is 0.101. The van der Waals surface area contributed by atoms with E-state index in [1.54, 1.807) is 6.92 Å². The van der Waals surface area contributed by atoms with Gasteiger partial charge in [-0.05, 0) is 45.2 Å². The number of aryl methyl sites for hydroxylation is 2. The number of aliphatic hydroxyl groups excluding tert-OH is 1. The summed E-state index contributed by atoms with van der Waals surface area (Å²) in [6, 6.07) is 3.91. The van der Waals surface area contributed by atoms with Gasteiger partial charge < -0.3 is 9.67 Å². The maximum Gasteiger partial charge on any atom is 0.162 e. The Morgan fingerprint density at radius 1 is 1.32 bits per heavy atom. The molecule has 0 aliphatic rings. The molecule has 102 valence electrons. The number of aromatic nitrogens is 2. The van der Waals surface area contributed by atoms with Gasteiger partial charge in [0.05, 0.1) is 0 Å². The smallest absolute Gasteiger partial charge is 0.162 e. The van der Waals surface area contributed by atoms with Gasteiger partial charge in [0.2, 0.25) is 0 Å². The normalized spacial score (nSPS) is 11.1. The summed E-state index contributed by atoms with van der Waals surface area (Å²) in [4.78, 5) is 16.2. The van der Waals surface area contributed by atoms with Crippen LogP contribution in [0.5, 0.6) is 0 Å². The molecule has 2 aromatic heterocycles. The van der Waals surface area contributed by atoms with Crippen molar-refractivity contribution in [3.63, 3.8) is 0 Å². The van der Waals surface area contributed by atoms with E-state index in [0.29, 0.717) is 0 Å². The van der Waals surface area contributed by atoms with E-state index >= 15 is 0 Å². The van der Waals surface area contributed by atoms with E-state index in [2.05, 4.69) is 9.55 Å². The van der Waals surface area contributed by atoms with Gasteiger partial charge in [-0.1, -0.05) is 0 Å². The van der Waals surface area contributed by atoms with E-state index < -0.39 is 0 Å². The number of hydrogen-bond donors (Lipinski definition) is 1. The van der Waals surface area contributed by atoms with Gasteiger partial charge in [-0.15, -0.1) is 0 Å². The van der Waals surface area contributed by atoms with E-state index in [4.69, 9.17) is 5.11 Å². The van der Waals surface area contributed by atoms with Crippen molar-refractivity contribution in [3.05, 3.63) is 29.6 Å². The molecule has 0 radical (unpaired) electrons. The fourth-order valence-corrected chi connectivity index (χ4v) is 2.28. The minimum absolute atomic E-state index is 0.0739. The number of nitrogens with zero attached hydrogens (tertiary/aromatic N) is 2. The lowest BCUT2D eigenvalue weighted by Crippen LogP contribution is -1.99. The quantitative estimate of drug-likeness (QED) is 0.641. The predicted molar refractivity (Wildman–Crippen MR) is 75.4 cm³/mol. The van der Waals surface area contributed by atoms with Crippen molar-refractivity contribution in [1.29, 1.82) is 0 Å². The van der Waals surface area contributed by atoms with Crippen molar-refractivity contribution in [2.75, 3.05) is 6.61 Å². The highest BCUT2D eigenvalue weighted by molar-refractivity contribution is 6.06. The second-order valence-electron chi connectivity index (χ2n) is 4.90. The molecular weight excluding hydrogens is 240 g/mol. The van der Waals surface area contributed by atoms with E-state index in [9.17, 15) is 4.79 Å². The van der Waals surface area contributed by atoms with Crippen LogP contribution in [0.1, 0.15) is 42.2 Å². The number of rotatable bonds is 6. The van der Waals surface area contributed by atoms with Gasteiger partial charge in [0.15, 0.2) is 5.78 Å². The first-order valence-electron chi connectivity index (χ1n) is 6.71. The molecule has 2 aromatic rings.